The number of nitrogens with one attached hydrogen (secondary N) is 1. The van der Waals surface area contributed by atoms with E-state index in [2.05, 4.69) is 26.1 Å². The molecule has 0 fully saturated rings. The third-order valence-electron chi connectivity index (χ3n) is 1.97. The molecule has 0 aliphatic carbocycles. The Morgan fingerprint density at radius 1 is 1.53 bits per heavy atom. The van der Waals surface area contributed by atoms with E-state index in [4.69, 9.17) is 0 Å². The van der Waals surface area contributed by atoms with Gasteiger partial charge >= 0.3 is 5.69 Å². The van der Waals surface area contributed by atoms with E-state index in [-0.39, 0.29) is 18.1 Å². The van der Waals surface area contributed by atoms with E-state index in [1.54, 1.807) is 12.1 Å². The number of halogens is 2. The minimum atomic E-state index is -0.352. The smallest absolute Gasteiger partial charge is 0.277 e. The molecule has 0 atom stereocenters. The van der Waals surface area contributed by atoms with Crippen molar-refractivity contribution in [2.24, 2.45) is 0 Å². The van der Waals surface area contributed by atoms with E-state index in [1.807, 2.05) is 0 Å². The molecule has 0 spiro atoms. The molecule has 1 heterocycles. The van der Waals surface area contributed by atoms with Crippen molar-refractivity contribution in [2.75, 3.05) is 0 Å². The molecular formula is C9H7BrFN3O. The predicted octanol–water partition coefficient (Wildman–Crippen LogP) is 1.52. The van der Waals surface area contributed by atoms with Gasteiger partial charge in [-0.05, 0) is 18.2 Å². The molecule has 15 heavy (non-hydrogen) atoms. The molecular weight excluding hydrogens is 265 g/mol. The average Bonchev–Trinajstić information content (AvgIpc) is 2.58. The third kappa shape index (κ3) is 2.15. The number of benzene rings is 1. The first-order valence-electron chi connectivity index (χ1n) is 4.20. The van der Waals surface area contributed by atoms with Crippen LogP contribution in [0.2, 0.25) is 0 Å². The van der Waals surface area contributed by atoms with Gasteiger partial charge in [-0.2, -0.15) is 5.10 Å². The van der Waals surface area contributed by atoms with Crippen molar-refractivity contribution >= 4 is 15.9 Å². The number of H-pyrrole nitrogens is 1. The van der Waals surface area contributed by atoms with E-state index in [0.717, 1.165) is 4.47 Å². The summed E-state index contributed by atoms with van der Waals surface area (Å²) in [6, 6.07) is 4.59. The number of aromatic nitrogens is 3. The summed E-state index contributed by atoms with van der Waals surface area (Å²) in [6.45, 7) is 0.167. The van der Waals surface area contributed by atoms with Gasteiger partial charge in [-0.1, -0.05) is 15.9 Å². The number of nitrogens with zero attached hydrogens (tertiary/aromatic N) is 2. The third-order valence-corrected chi connectivity index (χ3v) is 2.46. The number of aromatic amines is 1. The number of hydrogen-bond donors (Lipinski definition) is 1. The highest BCUT2D eigenvalue weighted by Gasteiger charge is 2.05. The van der Waals surface area contributed by atoms with Crippen LogP contribution in [0.15, 0.2) is 33.8 Å². The van der Waals surface area contributed by atoms with Crippen LogP contribution >= 0.6 is 15.9 Å². The molecule has 0 saturated carbocycles. The number of rotatable bonds is 2. The SMILES string of the molecule is O=c1[nH]ncn1Cc1cc(Br)ccc1F. The molecule has 2 rings (SSSR count). The van der Waals surface area contributed by atoms with Crippen LogP contribution in [-0.4, -0.2) is 14.8 Å². The highest BCUT2D eigenvalue weighted by Crippen LogP contribution is 2.15. The molecule has 0 amide bonds. The van der Waals surface area contributed by atoms with Crippen molar-refractivity contribution in [1.29, 1.82) is 0 Å². The Kier molecular flexibility index (Phi) is 2.68. The molecule has 78 valence electrons. The molecule has 0 aliphatic heterocycles. The normalized spacial score (nSPS) is 10.5. The quantitative estimate of drug-likeness (QED) is 0.901. The lowest BCUT2D eigenvalue weighted by molar-refractivity contribution is 0.596. The zero-order valence-electron chi connectivity index (χ0n) is 7.58. The van der Waals surface area contributed by atoms with Crippen LogP contribution in [0.1, 0.15) is 5.56 Å². The fourth-order valence-corrected chi connectivity index (χ4v) is 1.64. The second-order valence-electron chi connectivity index (χ2n) is 3.03. The fraction of sp³-hybridized carbons (Fsp3) is 0.111. The lowest BCUT2D eigenvalue weighted by Gasteiger charge is -2.03. The van der Waals surface area contributed by atoms with Gasteiger partial charge in [0.05, 0.1) is 6.54 Å². The standard InChI is InChI=1S/C9H7BrFN3O/c10-7-1-2-8(11)6(3-7)4-14-5-12-13-9(14)15/h1-3,5H,4H2,(H,13,15). The minimum Gasteiger partial charge on any atom is -0.277 e. The predicted molar refractivity (Wildman–Crippen MR) is 56.0 cm³/mol. The zero-order chi connectivity index (χ0) is 10.8. The van der Waals surface area contributed by atoms with E-state index < -0.39 is 0 Å². The molecule has 2 aromatic rings. The summed E-state index contributed by atoms with van der Waals surface area (Å²) in [5.74, 6) is -0.341. The van der Waals surface area contributed by atoms with Crippen molar-refractivity contribution in [3.05, 3.63) is 50.9 Å². The van der Waals surface area contributed by atoms with Crippen LogP contribution in [0.3, 0.4) is 0 Å². The molecule has 6 heteroatoms. The summed E-state index contributed by atoms with van der Waals surface area (Å²) in [6.07, 6.45) is 1.34. The van der Waals surface area contributed by atoms with Crippen LogP contribution in [0.4, 0.5) is 4.39 Å². The Morgan fingerprint density at radius 2 is 2.33 bits per heavy atom. The molecule has 1 aromatic carbocycles. The molecule has 0 radical (unpaired) electrons. The highest BCUT2D eigenvalue weighted by atomic mass is 79.9. The molecule has 0 aliphatic rings. The maximum atomic E-state index is 13.3. The van der Waals surface area contributed by atoms with Gasteiger partial charge in [0.2, 0.25) is 0 Å². The highest BCUT2D eigenvalue weighted by molar-refractivity contribution is 9.10. The summed E-state index contributed by atoms with van der Waals surface area (Å²) in [5, 5.41) is 5.81. The summed E-state index contributed by atoms with van der Waals surface area (Å²) in [7, 11) is 0. The zero-order valence-corrected chi connectivity index (χ0v) is 9.16. The Hall–Kier alpha value is -1.43. The molecule has 1 aromatic heterocycles. The topological polar surface area (TPSA) is 50.7 Å². The van der Waals surface area contributed by atoms with E-state index >= 15 is 0 Å². The van der Waals surface area contributed by atoms with Crippen molar-refractivity contribution in [1.82, 2.24) is 14.8 Å². The maximum absolute atomic E-state index is 13.3. The summed E-state index contributed by atoms with van der Waals surface area (Å²) < 4.78 is 15.4. The molecule has 0 bridgehead atoms. The Labute approximate surface area is 92.9 Å². The van der Waals surface area contributed by atoms with Gasteiger partial charge in [0.25, 0.3) is 0 Å². The Bertz CT molecular complexity index is 534. The Balaban J connectivity index is 2.36. The average molecular weight is 272 g/mol. The van der Waals surface area contributed by atoms with Crippen molar-refractivity contribution in [2.45, 2.75) is 6.54 Å². The van der Waals surface area contributed by atoms with Crippen LogP contribution in [0.25, 0.3) is 0 Å². The van der Waals surface area contributed by atoms with Gasteiger partial charge in [-0.25, -0.2) is 14.3 Å². The minimum absolute atomic E-state index is 0.167. The van der Waals surface area contributed by atoms with Crippen LogP contribution < -0.4 is 5.69 Å². The molecule has 0 unspecified atom stereocenters. The second kappa shape index (κ2) is 3.98. The maximum Gasteiger partial charge on any atom is 0.343 e. The van der Waals surface area contributed by atoms with Crippen molar-refractivity contribution in [3.8, 4) is 0 Å². The molecule has 0 saturated heterocycles. The second-order valence-corrected chi connectivity index (χ2v) is 3.94. The monoisotopic (exact) mass is 271 g/mol. The van der Waals surface area contributed by atoms with Crippen LogP contribution in [0, 0.1) is 5.82 Å². The molecule has 4 nitrogen and oxygen atoms in total. The van der Waals surface area contributed by atoms with E-state index in [9.17, 15) is 9.18 Å². The van der Waals surface area contributed by atoms with E-state index in [0.29, 0.717) is 5.56 Å². The molecule has 1 N–H and O–H groups in total. The van der Waals surface area contributed by atoms with Crippen molar-refractivity contribution < 1.29 is 4.39 Å². The number of hydrogen-bond acceptors (Lipinski definition) is 2. The lowest BCUT2D eigenvalue weighted by atomic mass is 10.2. The lowest BCUT2D eigenvalue weighted by Crippen LogP contribution is -2.17. The first-order chi connectivity index (χ1) is 7.16. The van der Waals surface area contributed by atoms with Crippen LogP contribution in [-0.2, 0) is 6.54 Å². The van der Waals surface area contributed by atoms with Crippen molar-refractivity contribution in [3.63, 3.8) is 0 Å². The fourth-order valence-electron chi connectivity index (χ4n) is 1.23. The van der Waals surface area contributed by atoms with Gasteiger partial charge in [-0.3, -0.25) is 4.57 Å². The first-order valence-corrected chi connectivity index (χ1v) is 5.00. The Morgan fingerprint density at radius 3 is 3.00 bits per heavy atom. The van der Waals surface area contributed by atoms with Gasteiger partial charge < -0.3 is 0 Å². The van der Waals surface area contributed by atoms with Gasteiger partial charge in [-0.15, -0.1) is 0 Å². The first kappa shape index (κ1) is 10.1. The summed E-state index contributed by atoms with van der Waals surface area (Å²) in [5.41, 5.74) is 0.0854. The summed E-state index contributed by atoms with van der Waals surface area (Å²) in [4.78, 5) is 11.1. The van der Waals surface area contributed by atoms with Gasteiger partial charge in [0.15, 0.2) is 0 Å². The van der Waals surface area contributed by atoms with Gasteiger partial charge in [0, 0.05) is 10.0 Å². The van der Waals surface area contributed by atoms with Gasteiger partial charge in [0.1, 0.15) is 12.1 Å². The van der Waals surface area contributed by atoms with E-state index in [1.165, 1.54) is 17.0 Å². The largest absolute Gasteiger partial charge is 0.343 e. The van der Waals surface area contributed by atoms with Crippen LogP contribution in [0.5, 0.6) is 0 Å². The summed E-state index contributed by atoms with van der Waals surface area (Å²) >= 11 is 3.24.